The van der Waals surface area contributed by atoms with Crippen molar-refractivity contribution in [1.29, 1.82) is 0 Å². The van der Waals surface area contributed by atoms with Gasteiger partial charge < -0.3 is 10.5 Å². The van der Waals surface area contributed by atoms with E-state index < -0.39 is 0 Å². The summed E-state index contributed by atoms with van der Waals surface area (Å²) in [5.41, 5.74) is 6.46. The summed E-state index contributed by atoms with van der Waals surface area (Å²) < 4.78 is 6.41. The Morgan fingerprint density at radius 1 is 1.29 bits per heavy atom. The summed E-state index contributed by atoms with van der Waals surface area (Å²) in [5, 5.41) is 0.495. The molecule has 2 aromatic rings. The van der Waals surface area contributed by atoms with Gasteiger partial charge in [-0.15, -0.1) is 0 Å². The minimum absolute atomic E-state index is 0.271. The molecule has 0 bridgehead atoms. The number of rotatable bonds is 3. The summed E-state index contributed by atoms with van der Waals surface area (Å²) in [5.74, 6) is 0.519. The van der Waals surface area contributed by atoms with Gasteiger partial charge >= 0.3 is 6.01 Å². The third-order valence-corrected chi connectivity index (χ3v) is 2.88. The van der Waals surface area contributed by atoms with Crippen molar-refractivity contribution in [2.24, 2.45) is 5.73 Å². The van der Waals surface area contributed by atoms with Crippen LogP contribution in [-0.2, 0) is 6.54 Å². The minimum Gasteiger partial charge on any atom is -0.423 e. The number of hydrogen-bond acceptors (Lipinski definition) is 4. The largest absolute Gasteiger partial charge is 0.423 e. The van der Waals surface area contributed by atoms with Gasteiger partial charge in [-0.3, -0.25) is 0 Å². The second-order valence-electron chi connectivity index (χ2n) is 3.25. The van der Waals surface area contributed by atoms with Gasteiger partial charge in [0, 0.05) is 22.5 Å². The Kier molecular flexibility index (Phi) is 4.14. The Morgan fingerprint density at radius 3 is 2.59 bits per heavy atom. The van der Waals surface area contributed by atoms with Crippen LogP contribution in [0.1, 0.15) is 5.56 Å². The van der Waals surface area contributed by atoms with Crippen LogP contribution in [0.4, 0.5) is 0 Å². The maximum absolute atomic E-state index is 6.05. The third kappa shape index (κ3) is 3.27. The van der Waals surface area contributed by atoms with Gasteiger partial charge in [-0.25, -0.2) is 9.97 Å². The van der Waals surface area contributed by atoms with Crippen LogP contribution in [-0.4, -0.2) is 9.97 Å². The number of ether oxygens (including phenoxy) is 1. The Balaban J connectivity index is 2.21. The van der Waals surface area contributed by atoms with Crippen LogP contribution in [0.15, 0.2) is 30.6 Å². The summed E-state index contributed by atoms with van der Waals surface area (Å²) in [4.78, 5) is 8.07. The molecule has 2 rings (SSSR count). The predicted molar refractivity (Wildman–Crippen MR) is 74.2 cm³/mol. The van der Waals surface area contributed by atoms with Gasteiger partial charge in [0.05, 0.1) is 5.02 Å². The zero-order valence-corrected chi connectivity index (χ0v) is 11.6. The fourth-order valence-corrected chi connectivity index (χ4v) is 1.73. The molecule has 0 unspecified atom stereocenters. The second kappa shape index (κ2) is 5.61. The first kappa shape index (κ1) is 12.5. The Hall–Kier alpha value is -0.920. The fourth-order valence-electron chi connectivity index (χ4n) is 1.21. The van der Waals surface area contributed by atoms with Crippen molar-refractivity contribution in [2.45, 2.75) is 6.54 Å². The Labute approximate surface area is 117 Å². The number of nitrogens with two attached hydrogens (primary N) is 1. The quantitative estimate of drug-likeness (QED) is 0.854. The summed E-state index contributed by atoms with van der Waals surface area (Å²) in [7, 11) is 0. The fraction of sp³-hybridized carbons (Fsp3) is 0.0909. The molecule has 0 radical (unpaired) electrons. The molecule has 2 N–H and O–H groups in total. The highest BCUT2D eigenvalue weighted by Crippen LogP contribution is 2.28. The first-order valence-electron chi connectivity index (χ1n) is 4.83. The molecule has 0 atom stereocenters. The van der Waals surface area contributed by atoms with Gasteiger partial charge in [-0.2, -0.15) is 0 Å². The van der Waals surface area contributed by atoms with Crippen molar-refractivity contribution in [3.05, 3.63) is 44.7 Å². The van der Waals surface area contributed by atoms with E-state index in [-0.39, 0.29) is 6.01 Å². The van der Waals surface area contributed by atoms with Gasteiger partial charge in [-0.1, -0.05) is 17.7 Å². The zero-order chi connectivity index (χ0) is 12.3. The maximum Gasteiger partial charge on any atom is 0.321 e. The van der Waals surface area contributed by atoms with E-state index in [4.69, 9.17) is 22.1 Å². The van der Waals surface area contributed by atoms with Gasteiger partial charge in [0.25, 0.3) is 0 Å². The van der Waals surface area contributed by atoms with Crippen LogP contribution in [0.25, 0.3) is 0 Å². The highest BCUT2D eigenvalue weighted by atomic mass is 127. The molecule has 0 aliphatic rings. The lowest BCUT2D eigenvalue weighted by Gasteiger charge is -2.06. The lowest BCUT2D eigenvalue weighted by molar-refractivity contribution is 0.441. The smallest absolute Gasteiger partial charge is 0.321 e. The number of nitrogens with zero attached hydrogens (tertiary/aromatic N) is 2. The molecule has 17 heavy (non-hydrogen) atoms. The molecule has 1 aromatic carbocycles. The number of benzene rings is 1. The van der Waals surface area contributed by atoms with Crippen molar-refractivity contribution in [3.63, 3.8) is 0 Å². The molecule has 88 valence electrons. The first-order chi connectivity index (χ1) is 8.19. The molecule has 0 fully saturated rings. The van der Waals surface area contributed by atoms with Crippen molar-refractivity contribution in [3.8, 4) is 11.8 Å². The van der Waals surface area contributed by atoms with E-state index in [0.29, 0.717) is 17.3 Å². The molecular weight excluding hydrogens is 352 g/mol. The Morgan fingerprint density at radius 2 is 2.00 bits per heavy atom. The molecule has 0 saturated heterocycles. The lowest BCUT2D eigenvalue weighted by atomic mass is 10.2. The van der Waals surface area contributed by atoms with Gasteiger partial charge in [0.1, 0.15) is 5.75 Å². The van der Waals surface area contributed by atoms with E-state index in [1.54, 1.807) is 24.5 Å². The minimum atomic E-state index is 0.271. The number of aromatic nitrogens is 2. The lowest BCUT2D eigenvalue weighted by Crippen LogP contribution is -1.97. The van der Waals surface area contributed by atoms with Crippen LogP contribution >= 0.6 is 34.2 Å². The van der Waals surface area contributed by atoms with E-state index in [1.165, 1.54) is 0 Å². The average molecular weight is 362 g/mol. The molecule has 0 amide bonds. The predicted octanol–water partition coefficient (Wildman–Crippen LogP) is 2.99. The summed E-state index contributed by atoms with van der Waals surface area (Å²) in [6.45, 7) is 0.444. The van der Waals surface area contributed by atoms with Crippen LogP contribution < -0.4 is 10.5 Å². The topological polar surface area (TPSA) is 61.0 Å². The van der Waals surface area contributed by atoms with Crippen molar-refractivity contribution < 1.29 is 4.74 Å². The molecule has 4 nitrogen and oxygen atoms in total. The monoisotopic (exact) mass is 361 g/mol. The van der Waals surface area contributed by atoms with Crippen LogP contribution in [0.2, 0.25) is 5.02 Å². The molecule has 0 saturated carbocycles. The number of halogens is 2. The van der Waals surface area contributed by atoms with Crippen molar-refractivity contribution in [2.75, 3.05) is 0 Å². The van der Waals surface area contributed by atoms with Gasteiger partial charge in [0.15, 0.2) is 0 Å². The third-order valence-electron chi connectivity index (χ3n) is 2.03. The Bertz CT molecular complexity index is 519. The van der Waals surface area contributed by atoms with E-state index in [0.717, 1.165) is 9.13 Å². The summed E-state index contributed by atoms with van der Waals surface area (Å²) in [6, 6.07) is 5.65. The molecular formula is C11H9ClIN3O. The number of hydrogen-bond donors (Lipinski definition) is 1. The van der Waals surface area contributed by atoms with Crippen LogP contribution in [0, 0.1) is 3.57 Å². The summed E-state index contributed by atoms with van der Waals surface area (Å²) in [6.07, 6.45) is 3.34. The molecule has 1 aromatic heterocycles. The van der Waals surface area contributed by atoms with Crippen molar-refractivity contribution >= 4 is 34.2 Å². The van der Waals surface area contributed by atoms with E-state index in [9.17, 15) is 0 Å². The summed E-state index contributed by atoms with van der Waals surface area (Å²) >= 11 is 8.17. The van der Waals surface area contributed by atoms with Crippen LogP contribution in [0.3, 0.4) is 0 Å². The normalized spacial score (nSPS) is 10.3. The first-order valence-corrected chi connectivity index (χ1v) is 6.28. The van der Waals surface area contributed by atoms with E-state index in [1.807, 2.05) is 6.07 Å². The van der Waals surface area contributed by atoms with E-state index >= 15 is 0 Å². The molecule has 0 spiro atoms. The standard InChI is InChI=1S/C11H9ClIN3O/c12-9-3-7(4-14)1-2-10(9)17-11-15-5-8(13)6-16-11/h1-3,5-6H,4,14H2. The second-order valence-corrected chi connectivity index (χ2v) is 4.91. The molecule has 6 heteroatoms. The van der Waals surface area contributed by atoms with Crippen LogP contribution in [0.5, 0.6) is 11.8 Å². The van der Waals surface area contributed by atoms with Crippen molar-refractivity contribution in [1.82, 2.24) is 9.97 Å². The highest BCUT2D eigenvalue weighted by molar-refractivity contribution is 14.1. The van der Waals surface area contributed by atoms with Gasteiger partial charge in [-0.05, 0) is 40.3 Å². The zero-order valence-electron chi connectivity index (χ0n) is 8.73. The molecule has 0 aliphatic carbocycles. The van der Waals surface area contributed by atoms with E-state index in [2.05, 4.69) is 32.6 Å². The molecule has 0 aliphatic heterocycles. The molecule has 1 heterocycles. The van der Waals surface area contributed by atoms with Gasteiger partial charge in [0.2, 0.25) is 0 Å². The highest BCUT2D eigenvalue weighted by Gasteiger charge is 2.05. The maximum atomic E-state index is 6.05. The SMILES string of the molecule is NCc1ccc(Oc2ncc(I)cn2)c(Cl)c1. The average Bonchev–Trinajstić information content (AvgIpc) is 2.34.